The predicted octanol–water partition coefficient (Wildman–Crippen LogP) is 4.06. The van der Waals surface area contributed by atoms with Crippen LogP contribution in [0.1, 0.15) is 5.56 Å². The van der Waals surface area contributed by atoms with Gasteiger partial charge in [-0.2, -0.15) is 0 Å². The largest absolute Gasteiger partial charge is 0.496 e. The molecule has 2 aromatic carbocycles. The molecule has 0 aliphatic carbocycles. The standard InChI is InChI=1S/C14H13NO3S/c1-10-9-13(7-8-14(10)18-2)19-12-5-3-11(4-6-12)15(16)17/h3-9H,1-2H3. The second-order valence-electron chi connectivity index (χ2n) is 3.98. The Hall–Kier alpha value is -2.01. The molecule has 2 aromatic rings. The Morgan fingerprint density at radius 2 is 1.74 bits per heavy atom. The Balaban J connectivity index is 2.16. The molecule has 0 radical (unpaired) electrons. The van der Waals surface area contributed by atoms with Crippen molar-refractivity contribution in [1.82, 2.24) is 0 Å². The number of hydrogen-bond acceptors (Lipinski definition) is 4. The molecule has 2 rings (SSSR count). The van der Waals surface area contributed by atoms with Crippen molar-refractivity contribution in [3.05, 3.63) is 58.1 Å². The molecular weight excluding hydrogens is 262 g/mol. The van der Waals surface area contributed by atoms with E-state index in [0.29, 0.717) is 0 Å². The molecule has 0 saturated carbocycles. The van der Waals surface area contributed by atoms with Gasteiger partial charge in [0.1, 0.15) is 5.75 Å². The summed E-state index contributed by atoms with van der Waals surface area (Å²) in [7, 11) is 1.64. The smallest absolute Gasteiger partial charge is 0.269 e. The number of non-ortho nitro benzene ring substituents is 1. The third-order valence-corrected chi connectivity index (χ3v) is 3.65. The minimum atomic E-state index is -0.397. The summed E-state index contributed by atoms with van der Waals surface area (Å²) in [5.41, 5.74) is 1.17. The van der Waals surface area contributed by atoms with Crippen molar-refractivity contribution in [2.75, 3.05) is 7.11 Å². The maximum absolute atomic E-state index is 10.6. The van der Waals surface area contributed by atoms with Gasteiger partial charge in [0, 0.05) is 21.9 Å². The van der Waals surface area contributed by atoms with Gasteiger partial charge in [0.05, 0.1) is 12.0 Å². The minimum Gasteiger partial charge on any atom is -0.496 e. The van der Waals surface area contributed by atoms with Gasteiger partial charge < -0.3 is 4.74 Å². The monoisotopic (exact) mass is 275 g/mol. The molecule has 0 aliphatic rings. The van der Waals surface area contributed by atoms with Crippen LogP contribution in [0.4, 0.5) is 5.69 Å². The van der Waals surface area contributed by atoms with Crippen LogP contribution in [-0.4, -0.2) is 12.0 Å². The van der Waals surface area contributed by atoms with Crippen LogP contribution in [0.2, 0.25) is 0 Å². The Morgan fingerprint density at radius 3 is 2.26 bits per heavy atom. The Morgan fingerprint density at radius 1 is 1.11 bits per heavy atom. The van der Waals surface area contributed by atoms with Crippen molar-refractivity contribution >= 4 is 17.4 Å². The molecular formula is C14H13NO3S. The number of rotatable bonds is 4. The highest BCUT2D eigenvalue weighted by molar-refractivity contribution is 7.99. The van der Waals surface area contributed by atoms with E-state index in [9.17, 15) is 10.1 Å². The molecule has 0 N–H and O–H groups in total. The molecule has 0 saturated heterocycles. The average molecular weight is 275 g/mol. The molecule has 0 aliphatic heterocycles. The van der Waals surface area contributed by atoms with Gasteiger partial charge in [0.15, 0.2) is 0 Å². The van der Waals surface area contributed by atoms with Crippen LogP contribution in [0, 0.1) is 17.0 Å². The Kier molecular flexibility index (Phi) is 4.06. The fourth-order valence-corrected chi connectivity index (χ4v) is 2.60. The van der Waals surface area contributed by atoms with Gasteiger partial charge in [0.2, 0.25) is 0 Å². The highest BCUT2D eigenvalue weighted by Gasteiger charge is 2.06. The zero-order valence-electron chi connectivity index (χ0n) is 10.6. The lowest BCUT2D eigenvalue weighted by atomic mass is 10.2. The van der Waals surface area contributed by atoms with E-state index < -0.39 is 4.92 Å². The number of ether oxygens (including phenoxy) is 1. The molecule has 0 fully saturated rings. The van der Waals surface area contributed by atoms with Gasteiger partial charge in [-0.25, -0.2) is 0 Å². The van der Waals surface area contributed by atoms with Crippen molar-refractivity contribution in [2.45, 2.75) is 16.7 Å². The summed E-state index contributed by atoms with van der Waals surface area (Å²) in [6.07, 6.45) is 0. The molecule has 0 amide bonds. The normalized spacial score (nSPS) is 10.2. The van der Waals surface area contributed by atoms with Crippen molar-refractivity contribution in [2.24, 2.45) is 0 Å². The average Bonchev–Trinajstić information content (AvgIpc) is 2.39. The topological polar surface area (TPSA) is 52.4 Å². The minimum absolute atomic E-state index is 0.107. The van der Waals surface area contributed by atoms with Crippen molar-refractivity contribution in [1.29, 1.82) is 0 Å². The molecule has 0 bridgehead atoms. The summed E-state index contributed by atoms with van der Waals surface area (Å²) in [4.78, 5) is 12.2. The number of methoxy groups -OCH3 is 1. The molecule has 0 aromatic heterocycles. The Bertz CT molecular complexity index is 596. The molecule has 4 nitrogen and oxygen atoms in total. The molecule has 0 spiro atoms. The van der Waals surface area contributed by atoms with E-state index in [0.717, 1.165) is 21.1 Å². The predicted molar refractivity (Wildman–Crippen MR) is 75.0 cm³/mol. The third-order valence-electron chi connectivity index (χ3n) is 2.65. The first-order valence-electron chi connectivity index (χ1n) is 5.67. The molecule has 98 valence electrons. The third kappa shape index (κ3) is 3.26. The fourth-order valence-electron chi connectivity index (χ4n) is 1.69. The van der Waals surface area contributed by atoms with Crippen LogP contribution in [0.3, 0.4) is 0 Å². The first-order valence-corrected chi connectivity index (χ1v) is 6.49. The van der Waals surface area contributed by atoms with E-state index in [4.69, 9.17) is 4.74 Å². The van der Waals surface area contributed by atoms with Crippen LogP contribution in [0.25, 0.3) is 0 Å². The fraction of sp³-hybridized carbons (Fsp3) is 0.143. The summed E-state index contributed by atoms with van der Waals surface area (Å²) in [6.45, 7) is 1.98. The van der Waals surface area contributed by atoms with Crippen molar-refractivity contribution in [3.63, 3.8) is 0 Å². The summed E-state index contributed by atoms with van der Waals surface area (Å²) in [6, 6.07) is 12.5. The van der Waals surface area contributed by atoms with Crippen molar-refractivity contribution in [3.8, 4) is 5.75 Å². The number of nitro benzene ring substituents is 1. The zero-order valence-corrected chi connectivity index (χ0v) is 11.4. The molecule has 0 atom stereocenters. The SMILES string of the molecule is COc1ccc(Sc2ccc([N+](=O)[O-])cc2)cc1C. The number of hydrogen-bond donors (Lipinski definition) is 0. The van der Waals surface area contributed by atoms with Gasteiger partial charge in [0.25, 0.3) is 5.69 Å². The van der Waals surface area contributed by atoms with Crippen LogP contribution in [0.15, 0.2) is 52.3 Å². The lowest BCUT2D eigenvalue weighted by Gasteiger charge is -2.07. The summed E-state index contributed by atoms with van der Waals surface area (Å²) in [5.74, 6) is 0.855. The lowest BCUT2D eigenvalue weighted by molar-refractivity contribution is -0.384. The quantitative estimate of drug-likeness (QED) is 0.623. The maximum atomic E-state index is 10.6. The van der Waals surface area contributed by atoms with Crippen LogP contribution >= 0.6 is 11.8 Å². The summed E-state index contributed by atoms with van der Waals surface area (Å²) in [5, 5.41) is 10.6. The highest BCUT2D eigenvalue weighted by Crippen LogP contribution is 2.31. The van der Waals surface area contributed by atoms with E-state index in [2.05, 4.69) is 0 Å². The molecule has 0 heterocycles. The van der Waals surface area contributed by atoms with Crippen LogP contribution in [0.5, 0.6) is 5.75 Å². The van der Waals surface area contributed by atoms with Gasteiger partial charge in [-0.1, -0.05) is 11.8 Å². The molecule has 5 heteroatoms. The van der Waals surface area contributed by atoms with Gasteiger partial charge >= 0.3 is 0 Å². The zero-order chi connectivity index (χ0) is 13.8. The van der Waals surface area contributed by atoms with Gasteiger partial charge in [-0.05, 0) is 42.8 Å². The lowest BCUT2D eigenvalue weighted by Crippen LogP contribution is -1.87. The number of nitro groups is 1. The van der Waals surface area contributed by atoms with Gasteiger partial charge in [-0.15, -0.1) is 0 Å². The van der Waals surface area contributed by atoms with Crippen LogP contribution < -0.4 is 4.74 Å². The van der Waals surface area contributed by atoms with E-state index >= 15 is 0 Å². The summed E-state index contributed by atoms with van der Waals surface area (Å²) >= 11 is 1.56. The second-order valence-corrected chi connectivity index (χ2v) is 5.13. The highest BCUT2D eigenvalue weighted by atomic mass is 32.2. The van der Waals surface area contributed by atoms with E-state index in [1.54, 1.807) is 31.0 Å². The molecule has 19 heavy (non-hydrogen) atoms. The first-order chi connectivity index (χ1) is 9.10. The first kappa shape index (κ1) is 13.4. The number of aryl methyl sites for hydroxylation is 1. The number of nitrogens with zero attached hydrogens (tertiary/aromatic N) is 1. The number of benzene rings is 2. The van der Waals surface area contributed by atoms with E-state index in [-0.39, 0.29) is 5.69 Å². The summed E-state index contributed by atoms with van der Waals surface area (Å²) < 4.78 is 5.21. The Labute approximate surface area is 115 Å². The van der Waals surface area contributed by atoms with Crippen molar-refractivity contribution < 1.29 is 9.66 Å². The molecule has 0 unspecified atom stereocenters. The van der Waals surface area contributed by atoms with Crippen LogP contribution in [-0.2, 0) is 0 Å². The van der Waals surface area contributed by atoms with E-state index in [1.807, 2.05) is 25.1 Å². The van der Waals surface area contributed by atoms with E-state index in [1.165, 1.54) is 12.1 Å². The maximum Gasteiger partial charge on any atom is 0.269 e. The second kappa shape index (κ2) is 5.75. The van der Waals surface area contributed by atoms with Gasteiger partial charge in [-0.3, -0.25) is 10.1 Å².